The largest absolute Gasteiger partial charge is 0.476 e. The van der Waals surface area contributed by atoms with Crippen molar-refractivity contribution in [1.29, 1.82) is 0 Å². The lowest BCUT2D eigenvalue weighted by Crippen LogP contribution is -2.21. The average molecular weight is 423 g/mol. The maximum Gasteiger partial charge on any atom is 0.356 e. The van der Waals surface area contributed by atoms with Gasteiger partial charge in [0.1, 0.15) is 16.4 Å². The van der Waals surface area contributed by atoms with Gasteiger partial charge in [-0.1, -0.05) is 0 Å². The molecule has 0 aromatic carbocycles. The van der Waals surface area contributed by atoms with Crippen molar-refractivity contribution in [3.63, 3.8) is 0 Å². The van der Waals surface area contributed by atoms with E-state index in [-0.39, 0.29) is 34.3 Å². The van der Waals surface area contributed by atoms with Crippen LogP contribution in [-0.4, -0.2) is 51.4 Å². The Bertz CT molecular complexity index is 945. The van der Waals surface area contributed by atoms with Gasteiger partial charge >= 0.3 is 17.9 Å². The lowest BCUT2D eigenvalue weighted by Gasteiger charge is -2.10. The highest BCUT2D eigenvalue weighted by Crippen LogP contribution is 2.34. The van der Waals surface area contributed by atoms with Crippen LogP contribution in [0.15, 0.2) is 12.3 Å². The number of anilines is 1. The lowest BCUT2D eigenvalue weighted by atomic mass is 10.1. The average Bonchev–Trinajstić information content (AvgIpc) is 3.19. The number of carbonyl (C=O) groups is 4. The van der Waals surface area contributed by atoms with Gasteiger partial charge in [0.15, 0.2) is 5.69 Å². The number of thiophene rings is 1. The van der Waals surface area contributed by atoms with Gasteiger partial charge in [0.05, 0.1) is 18.3 Å². The van der Waals surface area contributed by atoms with Crippen LogP contribution in [0.1, 0.15) is 56.9 Å². The summed E-state index contributed by atoms with van der Waals surface area (Å²) in [7, 11) is 0. The summed E-state index contributed by atoms with van der Waals surface area (Å²) in [4.78, 5) is 48.1. The number of ether oxygens (including phenoxy) is 2. The van der Waals surface area contributed by atoms with E-state index >= 15 is 0 Å². The first-order valence-electron chi connectivity index (χ1n) is 8.72. The Hall–Kier alpha value is -3.21. The number of aromatic nitrogens is 2. The molecule has 10 nitrogen and oxygen atoms in total. The Morgan fingerprint density at radius 2 is 1.97 bits per heavy atom. The zero-order chi connectivity index (χ0) is 21.7. The van der Waals surface area contributed by atoms with E-state index in [1.165, 1.54) is 12.3 Å². The number of rotatable bonds is 8. The molecule has 0 saturated carbocycles. The van der Waals surface area contributed by atoms with E-state index in [2.05, 4.69) is 10.4 Å². The third kappa shape index (κ3) is 5.41. The number of aromatic carboxylic acids is 1. The molecule has 0 fully saturated rings. The van der Waals surface area contributed by atoms with E-state index in [4.69, 9.17) is 14.6 Å². The molecule has 29 heavy (non-hydrogen) atoms. The third-order valence-corrected chi connectivity index (χ3v) is 4.76. The fraction of sp³-hybridized carbons (Fsp3) is 0.389. The second-order valence-corrected chi connectivity index (χ2v) is 7.21. The quantitative estimate of drug-likeness (QED) is 0.617. The van der Waals surface area contributed by atoms with Crippen molar-refractivity contribution in [1.82, 2.24) is 9.78 Å². The van der Waals surface area contributed by atoms with E-state index in [0.29, 0.717) is 5.56 Å². The Morgan fingerprint density at radius 1 is 1.28 bits per heavy atom. The molecule has 2 aromatic heterocycles. The summed E-state index contributed by atoms with van der Waals surface area (Å²) in [5.74, 6) is -3.05. The molecule has 0 spiro atoms. The molecule has 2 aromatic rings. The first-order valence-corrected chi connectivity index (χ1v) is 9.53. The summed E-state index contributed by atoms with van der Waals surface area (Å²) >= 11 is 0.907. The van der Waals surface area contributed by atoms with Crippen molar-refractivity contribution >= 4 is 40.2 Å². The predicted octanol–water partition coefficient (Wildman–Crippen LogP) is 2.33. The van der Waals surface area contributed by atoms with E-state index in [9.17, 15) is 19.2 Å². The van der Waals surface area contributed by atoms with Gasteiger partial charge in [-0.3, -0.25) is 9.48 Å². The van der Waals surface area contributed by atoms with Gasteiger partial charge in [0.25, 0.3) is 0 Å². The van der Waals surface area contributed by atoms with E-state index in [1.807, 2.05) is 0 Å². The number of hydrogen-bond acceptors (Lipinski definition) is 8. The first kappa shape index (κ1) is 22.1. The van der Waals surface area contributed by atoms with E-state index in [1.54, 1.807) is 27.7 Å². The smallest absolute Gasteiger partial charge is 0.356 e. The highest BCUT2D eigenvalue weighted by Gasteiger charge is 2.28. The molecule has 2 heterocycles. The highest BCUT2D eigenvalue weighted by atomic mass is 32.1. The van der Waals surface area contributed by atoms with Gasteiger partial charge in [-0.05, 0) is 39.3 Å². The molecular formula is C18H21N3O7S. The van der Waals surface area contributed by atoms with Gasteiger partial charge in [-0.25, -0.2) is 14.4 Å². The summed E-state index contributed by atoms with van der Waals surface area (Å²) in [5, 5.41) is 15.4. The Balaban J connectivity index is 2.29. The van der Waals surface area contributed by atoms with Crippen molar-refractivity contribution < 1.29 is 33.8 Å². The molecule has 156 valence electrons. The zero-order valence-electron chi connectivity index (χ0n) is 16.3. The third-order valence-electron chi connectivity index (χ3n) is 3.57. The minimum absolute atomic E-state index is 0.0757. The van der Waals surface area contributed by atoms with Crippen LogP contribution in [0.25, 0.3) is 0 Å². The molecule has 2 rings (SSSR count). The maximum absolute atomic E-state index is 12.5. The predicted molar refractivity (Wildman–Crippen MR) is 103 cm³/mol. The van der Waals surface area contributed by atoms with Crippen LogP contribution in [0, 0.1) is 6.92 Å². The fourth-order valence-corrected chi connectivity index (χ4v) is 3.49. The molecular weight excluding hydrogens is 402 g/mol. The van der Waals surface area contributed by atoms with Gasteiger partial charge in [0, 0.05) is 6.20 Å². The highest BCUT2D eigenvalue weighted by molar-refractivity contribution is 7.18. The van der Waals surface area contributed by atoms with Crippen LogP contribution in [0.2, 0.25) is 0 Å². The molecule has 1 amide bonds. The Kier molecular flexibility index (Phi) is 7.10. The molecule has 0 radical (unpaired) electrons. The molecule has 0 aliphatic rings. The van der Waals surface area contributed by atoms with Crippen molar-refractivity contribution in [3.05, 3.63) is 34.0 Å². The van der Waals surface area contributed by atoms with Crippen molar-refractivity contribution in [3.8, 4) is 0 Å². The zero-order valence-corrected chi connectivity index (χ0v) is 17.2. The second kappa shape index (κ2) is 9.32. The van der Waals surface area contributed by atoms with E-state index in [0.717, 1.165) is 16.0 Å². The minimum Gasteiger partial charge on any atom is -0.476 e. The second-order valence-electron chi connectivity index (χ2n) is 6.19. The monoisotopic (exact) mass is 423 g/mol. The number of carbonyl (C=O) groups excluding carboxylic acids is 3. The SMILES string of the molecule is CCOC(=O)c1sc(NC(=O)Cn2ccc(C(=O)O)n2)c(C(=O)OC(C)C)c1C. The first-order chi connectivity index (χ1) is 13.6. The van der Waals surface area contributed by atoms with Gasteiger partial charge < -0.3 is 19.9 Å². The van der Waals surface area contributed by atoms with Crippen LogP contribution in [-0.2, 0) is 20.8 Å². The molecule has 0 aliphatic carbocycles. The van der Waals surface area contributed by atoms with Crippen LogP contribution in [0.4, 0.5) is 5.00 Å². The molecule has 0 atom stereocenters. The molecule has 0 unspecified atom stereocenters. The molecule has 0 bridgehead atoms. The number of carboxylic acid groups (broad SMARTS) is 1. The van der Waals surface area contributed by atoms with Gasteiger partial charge in [-0.2, -0.15) is 5.10 Å². The van der Waals surface area contributed by atoms with Crippen LogP contribution >= 0.6 is 11.3 Å². The van der Waals surface area contributed by atoms with Crippen LogP contribution in [0.5, 0.6) is 0 Å². The molecule has 0 saturated heterocycles. The van der Waals surface area contributed by atoms with Crippen molar-refractivity contribution in [2.75, 3.05) is 11.9 Å². The molecule has 2 N–H and O–H groups in total. The van der Waals surface area contributed by atoms with Gasteiger partial charge in [0.2, 0.25) is 5.91 Å². The standard InChI is InChI=1S/C18H21N3O7S/c1-5-27-18(26)14-10(4)13(17(25)28-9(2)3)15(29-14)19-12(22)8-21-7-6-11(20-21)16(23)24/h6-7,9H,5,8H2,1-4H3,(H,19,22)(H,23,24). The maximum atomic E-state index is 12.5. The van der Waals surface area contributed by atoms with Crippen LogP contribution in [0.3, 0.4) is 0 Å². The number of carboxylic acids is 1. The number of amides is 1. The topological polar surface area (TPSA) is 137 Å². The Morgan fingerprint density at radius 3 is 2.52 bits per heavy atom. The summed E-state index contributed by atoms with van der Waals surface area (Å²) in [6.45, 7) is 6.48. The van der Waals surface area contributed by atoms with E-state index < -0.39 is 29.9 Å². The lowest BCUT2D eigenvalue weighted by molar-refractivity contribution is -0.116. The number of esters is 2. The van der Waals surface area contributed by atoms with Crippen LogP contribution < -0.4 is 5.32 Å². The minimum atomic E-state index is -1.21. The molecule has 11 heteroatoms. The molecule has 0 aliphatic heterocycles. The summed E-state index contributed by atoms with van der Waals surface area (Å²) in [6, 6.07) is 1.26. The number of hydrogen-bond donors (Lipinski definition) is 2. The summed E-state index contributed by atoms with van der Waals surface area (Å²) < 4.78 is 11.4. The van der Waals surface area contributed by atoms with Crippen molar-refractivity contribution in [2.45, 2.75) is 40.3 Å². The van der Waals surface area contributed by atoms with Gasteiger partial charge in [-0.15, -0.1) is 11.3 Å². The van der Waals surface area contributed by atoms with Crippen molar-refractivity contribution in [2.24, 2.45) is 0 Å². The summed E-state index contributed by atoms with van der Waals surface area (Å²) in [6.07, 6.45) is 0.954. The number of nitrogens with zero attached hydrogens (tertiary/aromatic N) is 2. The summed E-state index contributed by atoms with van der Waals surface area (Å²) in [5.41, 5.74) is 0.226. The fourth-order valence-electron chi connectivity index (χ4n) is 2.39. The number of nitrogens with one attached hydrogen (secondary N) is 1. The normalized spacial score (nSPS) is 10.7. The Labute approximate surface area is 170 Å².